The molecule has 0 nitrogen and oxygen atoms in total. The zero-order valence-corrected chi connectivity index (χ0v) is 7.55. The van der Waals surface area contributed by atoms with Crippen molar-refractivity contribution < 1.29 is 0 Å². The van der Waals surface area contributed by atoms with Gasteiger partial charge in [-0.05, 0) is 24.3 Å². The Bertz CT molecular complexity index is 25.7. The van der Waals surface area contributed by atoms with Gasteiger partial charge in [0.1, 0.15) is 0 Å². The molecule has 8 heavy (non-hydrogen) atoms. The van der Waals surface area contributed by atoms with Crippen molar-refractivity contribution in [2.24, 2.45) is 0 Å². The van der Waals surface area contributed by atoms with Crippen molar-refractivity contribution >= 4 is 25.3 Å². The SMILES string of the molecule is CCCSCCC.S. The summed E-state index contributed by atoms with van der Waals surface area (Å²) in [7, 11) is 0. The Labute approximate surface area is 63.9 Å². The van der Waals surface area contributed by atoms with Gasteiger partial charge in [0.25, 0.3) is 0 Å². The van der Waals surface area contributed by atoms with Crippen LogP contribution in [0.15, 0.2) is 0 Å². The first-order chi connectivity index (χ1) is 3.41. The predicted octanol–water partition coefficient (Wildman–Crippen LogP) is 2.65. The lowest BCUT2D eigenvalue weighted by Crippen LogP contribution is -1.76. The van der Waals surface area contributed by atoms with Crippen molar-refractivity contribution in [1.82, 2.24) is 0 Å². The zero-order valence-electron chi connectivity index (χ0n) is 5.74. The van der Waals surface area contributed by atoms with Crippen molar-refractivity contribution in [3.8, 4) is 0 Å². The Hall–Kier alpha value is 0.700. The summed E-state index contributed by atoms with van der Waals surface area (Å²) in [5.41, 5.74) is 0. The van der Waals surface area contributed by atoms with E-state index in [0.717, 1.165) is 0 Å². The molecule has 0 heterocycles. The van der Waals surface area contributed by atoms with Crippen LogP contribution in [0.3, 0.4) is 0 Å². The highest BCUT2D eigenvalue weighted by Crippen LogP contribution is 2.02. The molecule has 0 rings (SSSR count). The van der Waals surface area contributed by atoms with E-state index in [2.05, 4.69) is 25.6 Å². The molecule has 0 radical (unpaired) electrons. The molecule has 0 aliphatic rings. The van der Waals surface area contributed by atoms with E-state index < -0.39 is 0 Å². The molecule has 0 aliphatic carbocycles. The van der Waals surface area contributed by atoms with Crippen molar-refractivity contribution in [1.29, 1.82) is 0 Å². The summed E-state index contributed by atoms with van der Waals surface area (Å²) in [6.07, 6.45) is 2.65. The first-order valence-electron chi connectivity index (χ1n) is 2.99. The lowest BCUT2D eigenvalue weighted by Gasteiger charge is -1.91. The second kappa shape index (κ2) is 10.6. The van der Waals surface area contributed by atoms with Crippen LogP contribution in [0.2, 0.25) is 0 Å². The molecule has 0 saturated carbocycles. The first-order valence-corrected chi connectivity index (χ1v) is 4.15. The fourth-order valence-corrected chi connectivity index (χ4v) is 1.17. The van der Waals surface area contributed by atoms with Gasteiger partial charge in [-0.3, -0.25) is 0 Å². The summed E-state index contributed by atoms with van der Waals surface area (Å²) in [5, 5.41) is 0. The molecule has 52 valence electrons. The third kappa shape index (κ3) is 9.85. The van der Waals surface area contributed by atoms with Crippen LogP contribution in [-0.4, -0.2) is 11.5 Å². The van der Waals surface area contributed by atoms with Gasteiger partial charge in [0.15, 0.2) is 0 Å². The Kier molecular flexibility index (Phi) is 15.3. The Morgan fingerprint density at radius 1 is 1.00 bits per heavy atom. The molecule has 0 aromatic rings. The molecule has 0 saturated heterocycles. The standard InChI is InChI=1S/C6H14S.H2S/c1-3-5-7-6-4-2;/h3-6H2,1-2H3;1H2. The molecular weight excluding hydrogens is 136 g/mol. The highest BCUT2D eigenvalue weighted by Gasteiger charge is 1.79. The van der Waals surface area contributed by atoms with Crippen LogP contribution in [0, 0.1) is 0 Å². The fourth-order valence-electron chi connectivity index (χ4n) is 0.391. The van der Waals surface area contributed by atoms with E-state index in [9.17, 15) is 0 Å². The number of thioether (sulfide) groups is 1. The van der Waals surface area contributed by atoms with Gasteiger partial charge in [-0.25, -0.2) is 0 Å². The van der Waals surface area contributed by atoms with Gasteiger partial charge in [-0.2, -0.15) is 25.3 Å². The summed E-state index contributed by atoms with van der Waals surface area (Å²) in [6.45, 7) is 4.45. The van der Waals surface area contributed by atoms with Crippen LogP contribution in [0.4, 0.5) is 0 Å². The van der Waals surface area contributed by atoms with E-state index in [0.29, 0.717) is 0 Å². The minimum atomic E-state index is 0. The quantitative estimate of drug-likeness (QED) is 0.558. The maximum atomic E-state index is 2.22. The van der Waals surface area contributed by atoms with Gasteiger partial charge < -0.3 is 0 Å². The molecule has 0 amide bonds. The molecule has 0 aromatic heterocycles. The normalized spacial score (nSPS) is 8.25. The van der Waals surface area contributed by atoms with Crippen LogP contribution in [0.5, 0.6) is 0 Å². The van der Waals surface area contributed by atoms with Crippen molar-refractivity contribution in [2.45, 2.75) is 26.7 Å². The smallest absolute Gasteiger partial charge is 0.00702 e. The van der Waals surface area contributed by atoms with Gasteiger partial charge in [-0.1, -0.05) is 13.8 Å². The average Bonchev–Trinajstić information content (AvgIpc) is 1.69. The largest absolute Gasteiger partial charge is 0.197 e. The monoisotopic (exact) mass is 152 g/mol. The van der Waals surface area contributed by atoms with Crippen LogP contribution in [0.25, 0.3) is 0 Å². The van der Waals surface area contributed by atoms with Gasteiger partial charge in [-0.15, -0.1) is 0 Å². The van der Waals surface area contributed by atoms with E-state index in [1.54, 1.807) is 0 Å². The maximum Gasteiger partial charge on any atom is -0.00702 e. The van der Waals surface area contributed by atoms with Crippen LogP contribution < -0.4 is 0 Å². The van der Waals surface area contributed by atoms with E-state index >= 15 is 0 Å². The summed E-state index contributed by atoms with van der Waals surface area (Å²) in [6, 6.07) is 0. The highest BCUT2D eigenvalue weighted by atomic mass is 32.2. The van der Waals surface area contributed by atoms with Crippen molar-refractivity contribution in [2.75, 3.05) is 11.5 Å². The van der Waals surface area contributed by atoms with Gasteiger partial charge in [0, 0.05) is 0 Å². The lowest BCUT2D eigenvalue weighted by atomic mass is 10.6. The lowest BCUT2D eigenvalue weighted by molar-refractivity contribution is 1.07. The fraction of sp³-hybridized carbons (Fsp3) is 1.00. The Balaban J connectivity index is 0. The van der Waals surface area contributed by atoms with Crippen LogP contribution in [-0.2, 0) is 0 Å². The minimum Gasteiger partial charge on any atom is -0.197 e. The Morgan fingerprint density at radius 3 is 1.62 bits per heavy atom. The molecular formula is C6H16S2. The van der Waals surface area contributed by atoms with E-state index in [1.807, 2.05) is 0 Å². The molecule has 0 aromatic carbocycles. The molecule has 0 aliphatic heterocycles. The first kappa shape index (κ1) is 11.5. The maximum absolute atomic E-state index is 2.22. The summed E-state index contributed by atoms with van der Waals surface area (Å²) in [5.74, 6) is 2.68. The number of hydrogen-bond donors (Lipinski definition) is 0. The molecule has 0 fully saturated rings. The summed E-state index contributed by atoms with van der Waals surface area (Å²) < 4.78 is 0. The van der Waals surface area contributed by atoms with Gasteiger partial charge in [0.2, 0.25) is 0 Å². The van der Waals surface area contributed by atoms with Crippen molar-refractivity contribution in [3.05, 3.63) is 0 Å². The summed E-state index contributed by atoms with van der Waals surface area (Å²) >= 11 is 2.05. The molecule has 2 heteroatoms. The zero-order chi connectivity index (χ0) is 5.54. The highest BCUT2D eigenvalue weighted by molar-refractivity contribution is 7.99. The van der Waals surface area contributed by atoms with E-state index in [-0.39, 0.29) is 13.5 Å². The molecule has 0 atom stereocenters. The molecule has 0 unspecified atom stereocenters. The minimum absolute atomic E-state index is 0. The van der Waals surface area contributed by atoms with Gasteiger partial charge >= 0.3 is 0 Å². The second-order valence-corrected chi connectivity index (χ2v) is 2.84. The molecule has 0 bridgehead atoms. The van der Waals surface area contributed by atoms with E-state index in [1.165, 1.54) is 24.3 Å². The predicted molar refractivity (Wildman–Crippen MR) is 48.3 cm³/mol. The Morgan fingerprint density at radius 2 is 1.38 bits per heavy atom. The van der Waals surface area contributed by atoms with Gasteiger partial charge in [0.05, 0.1) is 0 Å². The number of rotatable bonds is 4. The second-order valence-electron chi connectivity index (χ2n) is 1.61. The number of hydrogen-bond acceptors (Lipinski definition) is 1. The molecule has 0 spiro atoms. The van der Waals surface area contributed by atoms with E-state index in [4.69, 9.17) is 0 Å². The van der Waals surface area contributed by atoms with Crippen LogP contribution in [0.1, 0.15) is 26.7 Å². The topological polar surface area (TPSA) is 0 Å². The third-order valence-corrected chi connectivity index (χ3v) is 2.09. The van der Waals surface area contributed by atoms with Crippen molar-refractivity contribution in [3.63, 3.8) is 0 Å². The van der Waals surface area contributed by atoms with Crippen LogP contribution >= 0.6 is 25.3 Å². The summed E-state index contributed by atoms with van der Waals surface area (Å²) in [4.78, 5) is 0. The third-order valence-electron chi connectivity index (χ3n) is 0.697. The average molecular weight is 152 g/mol. The molecule has 0 N–H and O–H groups in total.